The topological polar surface area (TPSA) is 139 Å². The Morgan fingerprint density at radius 2 is 0.677 bits per heavy atom. The summed E-state index contributed by atoms with van der Waals surface area (Å²) in [5.41, 5.74) is -0.862. The van der Waals surface area contributed by atoms with Crippen molar-refractivity contribution in [3.8, 4) is 0 Å². The van der Waals surface area contributed by atoms with Crippen molar-refractivity contribution in [3.63, 3.8) is 0 Å². The minimum Gasteiger partial charge on any atom is -0.377 e. The summed E-state index contributed by atoms with van der Waals surface area (Å²) in [6, 6.07) is 0. The van der Waals surface area contributed by atoms with Crippen LogP contribution >= 0.6 is 15.2 Å². The minimum atomic E-state index is -3.53. The van der Waals surface area contributed by atoms with Gasteiger partial charge < -0.3 is 42.5 Å². The van der Waals surface area contributed by atoms with Gasteiger partial charge in [0.15, 0.2) is 0 Å². The highest BCUT2D eigenvalue weighted by Crippen LogP contribution is 2.47. The van der Waals surface area contributed by atoms with Crippen molar-refractivity contribution in [1.82, 2.24) is 0 Å². The molecule has 2 unspecified atom stereocenters. The third-order valence-electron chi connectivity index (χ3n) is 3.80. The van der Waals surface area contributed by atoms with Gasteiger partial charge in [-0.25, -0.2) is 0 Å². The molecule has 0 radical (unpaired) electrons. The molecule has 0 saturated carbocycles. The lowest BCUT2D eigenvalue weighted by Gasteiger charge is -2.15. The van der Waals surface area contributed by atoms with Gasteiger partial charge in [0.2, 0.25) is 0 Å². The highest BCUT2D eigenvalue weighted by Gasteiger charge is 2.24. The maximum absolute atomic E-state index is 11.5. The van der Waals surface area contributed by atoms with Gasteiger partial charge in [-0.05, 0) is 0 Å². The van der Waals surface area contributed by atoms with E-state index in [0.29, 0.717) is 52.9 Å². The maximum Gasteiger partial charge on any atom is 0.330 e. The first-order valence-electron chi connectivity index (χ1n) is 10.4. The fourth-order valence-electron chi connectivity index (χ4n) is 1.73. The number of hydrogen-bond donors (Lipinski definition) is 2. The Morgan fingerprint density at radius 3 is 0.871 bits per heavy atom. The zero-order chi connectivity index (χ0) is 23.6. The first-order valence-corrected chi connectivity index (χ1v) is 13.7. The van der Waals surface area contributed by atoms with Gasteiger partial charge in [-0.2, -0.15) is 0 Å². The van der Waals surface area contributed by atoms with E-state index < -0.39 is 26.5 Å². The smallest absolute Gasteiger partial charge is 0.330 e. The molecule has 0 saturated heterocycles. The van der Waals surface area contributed by atoms with E-state index in [1.165, 1.54) is 0 Å². The van der Waals surface area contributed by atoms with Gasteiger partial charge in [0, 0.05) is 0 Å². The molecule has 11 nitrogen and oxygen atoms in total. The molecule has 0 fully saturated rings. The van der Waals surface area contributed by atoms with E-state index in [1.54, 1.807) is 27.7 Å². The van der Waals surface area contributed by atoms with Gasteiger partial charge in [0.05, 0.1) is 90.6 Å². The highest BCUT2D eigenvalue weighted by molar-refractivity contribution is 7.53. The van der Waals surface area contributed by atoms with Gasteiger partial charge in [0.25, 0.3) is 0 Å². The Kier molecular flexibility index (Phi) is 18.6. The molecule has 188 valence electrons. The second kappa shape index (κ2) is 18.5. The van der Waals surface area contributed by atoms with Crippen LogP contribution in [0.15, 0.2) is 0 Å². The van der Waals surface area contributed by atoms with E-state index in [-0.39, 0.29) is 26.4 Å². The van der Waals surface area contributed by atoms with Crippen molar-refractivity contribution in [2.45, 2.75) is 39.0 Å². The van der Waals surface area contributed by atoms with Crippen molar-refractivity contribution in [1.29, 1.82) is 0 Å². The normalized spacial score (nSPS) is 16.0. The molecule has 2 atom stereocenters. The molecule has 0 amide bonds. The molecule has 0 aliphatic rings. The van der Waals surface area contributed by atoms with Crippen molar-refractivity contribution < 1.29 is 51.6 Å². The van der Waals surface area contributed by atoms with Crippen LogP contribution in [-0.2, 0) is 41.9 Å². The number of rotatable bonds is 22. The van der Waals surface area contributed by atoms with Gasteiger partial charge in [-0.3, -0.25) is 9.13 Å². The molecule has 0 bridgehead atoms. The standard InChI is InChI=1S/C18H40O11P2/c1-17(2)30(19,20)28-15-13-26-11-9-24-7-5-23-6-8-25-10-12-27-14-16-29-31(21,22)18(3)4/h17-18H,5-16H2,1-4H3,(H,19,20)(H,21,22). The summed E-state index contributed by atoms with van der Waals surface area (Å²) in [4.78, 5) is 18.9. The molecule has 0 aliphatic heterocycles. The monoisotopic (exact) mass is 494 g/mol. The fourth-order valence-corrected chi connectivity index (χ4v) is 3.00. The summed E-state index contributed by atoms with van der Waals surface area (Å²) < 4.78 is 59.4. The Labute approximate surface area is 185 Å². The molecular weight excluding hydrogens is 454 g/mol. The van der Waals surface area contributed by atoms with E-state index in [9.17, 15) is 18.9 Å². The zero-order valence-corrected chi connectivity index (χ0v) is 20.9. The van der Waals surface area contributed by atoms with Crippen molar-refractivity contribution in [2.75, 3.05) is 79.3 Å². The lowest BCUT2D eigenvalue weighted by molar-refractivity contribution is -0.0145. The Balaban J connectivity index is 3.24. The second-order valence-corrected chi connectivity index (χ2v) is 11.9. The van der Waals surface area contributed by atoms with Crippen LogP contribution in [0.2, 0.25) is 0 Å². The molecule has 0 aromatic carbocycles. The molecule has 0 aromatic rings. The van der Waals surface area contributed by atoms with E-state index in [0.717, 1.165) is 0 Å². The average Bonchev–Trinajstić information content (AvgIpc) is 2.69. The van der Waals surface area contributed by atoms with Crippen LogP contribution in [0.4, 0.5) is 0 Å². The van der Waals surface area contributed by atoms with Crippen LogP contribution in [0, 0.1) is 0 Å². The third-order valence-corrected chi connectivity index (χ3v) is 7.52. The molecule has 0 aromatic heterocycles. The van der Waals surface area contributed by atoms with Crippen LogP contribution in [0.1, 0.15) is 27.7 Å². The summed E-state index contributed by atoms with van der Waals surface area (Å²) in [6.07, 6.45) is 0. The molecule has 0 heterocycles. The van der Waals surface area contributed by atoms with Crippen LogP contribution in [0.3, 0.4) is 0 Å². The van der Waals surface area contributed by atoms with Gasteiger partial charge in [-0.15, -0.1) is 0 Å². The number of hydrogen-bond acceptors (Lipinski definition) is 9. The molecule has 0 spiro atoms. The zero-order valence-electron chi connectivity index (χ0n) is 19.1. The Bertz CT molecular complexity index is 473. The molecule has 0 aliphatic carbocycles. The SMILES string of the molecule is CC(C)P(=O)(O)OCCOCCOCCOCCOCCOCCOP(=O)(O)C(C)C. The predicted octanol–water partition coefficient (Wildman–Crippen LogP) is 2.29. The molecule has 0 rings (SSSR count). The Hall–Kier alpha value is 0.1000. The van der Waals surface area contributed by atoms with Gasteiger partial charge in [0.1, 0.15) is 0 Å². The van der Waals surface area contributed by atoms with Crippen LogP contribution in [0.5, 0.6) is 0 Å². The summed E-state index contributed by atoms with van der Waals surface area (Å²) in [7, 11) is -7.06. The minimum absolute atomic E-state index is 0.0662. The van der Waals surface area contributed by atoms with E-state index in [4.69, 9.17) is 32.7 Å². The molecule has 2 N–H and O–H groups in total. The quantitative estimate of drug-likeness (QED) is 0.169. The average molecular weight is 494 g/mol. The predicted molar refractivity (Wildman–Crippen MR) is 116 cm³/mol. The van der Waals surface area contributed by atoms with E-state index in [2.05, 4.69) is 0 Å². The molecular formula is C18H40O11P2. The van der Waals surface area contributed by atoms with Gasteiger partial charge in [-0.1, -0.05) is 27.7 Å². The van der Waals surface area contributed by atoms with Gasteiger partial charge >= 0.3 is 15.2 Å². The fraction of sp³-hybridized carbons (Fsp3) is 1.00. The van der Waals surface area contributed by atoms with Crippen LogP contribution in [-0.4, -0.2) is 100 Å². The summed E-state index contributed by atoms with van der Waals surface area (Å²) in [5, 5.41) is 0. The first-order chi connectivity index (χ1) is 14.6. The second-order valence-electron chi connectivity index (χ2n) is 7.04. The number of ether oxygens (including phenoxy) is 5. The van der Waals surface area contributed by atoms with Crippen LogP contribution < -0.4 is 0 Å². The Morgan fingerprint density at radius 1 is 0.484 bits per heavy atom. The van der Waals surface area contributed by atoms with Crippen LogP contribution in [0.25, 0.3) is 0 Å². The largest absolute Gasteiger partial charge is 0.377 e. The lowest BCUT2D eigenvalue weighted by atomic mass is 10.6. The van der Waals surface area contributed by atoms with Crippen molar-refractivity contribution >= 4 is 15.2 Å². The van der Waals surface area contributed by atoms with Crippen molar-refractivity contribution in [2.24, 2.45) is 0 Å². The van der Waals surface area contributed by atoms with Crippen molar-refractivity contribution in [3.05, 3.63) is 0 Å². The summed E-state index contributed by atoms with van der Waals surface area (Å²) in [6.45, 7) is 10.3. The molecule has 31 heavy (non-hydrogen) atoms. The van der Waals surface area contributed by atoms with E-state index in [1.807, 2.05) is 0 Å². The summed E-state index contributed by atoms with van der Waals surface area (Å²) in [5.74, 6) is 0. The highest BCUT2D eigenvalue weighted by atomic mass is 31.2. The summed E-state index contributed by atoms with van der Waals surface area (Å²) >= 11 is 0. The maximum atomic E-state index is 11.5. The molecule has 13 heteroatoms. The lowest BCUT2D eigenvalue weighted by Crippen LogP contribution is -2.14. The van der Waals surface area contributed by atoms with E-state index >= 15 is 0 Å². The third kappa shape index (κ3) is 18.2. The first kappa shape index (κ1) is 31.1.